The number of likely N-dealkylation sites (tertiary alicyclic amines) is 1. The predicted molar refractivity (Wildman–Crippen MR) is 74.7 cm³/mol. The topological polar surface area (TPSA) is 75.8 Å². The normalized spacial score (nSPS) is 19.5. The van der Waals surface area contributed by atoms with Gasteiger partial charge in [0, 0.05) is 25.6 Å². The van der Waals surface area contributed by atoms with Crippen LogP contribution in [0.5, 0.6) is 0 Å². The molecule has 19 heavy (non-hydrogen) atoms. The highest BCUT2D eigenvalue weighted by Crippen LogP contribution is 2.21. The Balaban J connectivity index is 2.33. The Kier molecular flexibility index (Phi) is 6.23. The van der Waals surface area contributed by atoms with E-state index in [1.54, 1.807) is 0 Å². The van der Waals surface area contributed by atoms with Crippen molar-refractivity contribution in [3.8, 4) is 0 Å². The molecule has 5 heteroatoms. The molecule has 1 unspecified atom stereocenters. The van der Waals surface area contributed by atoms with Crippen LogP contribution in [0.15, 0.2) is 0 Å². The zero-order chi connectivity index (χ0) is 14.5. The van der Waals surface area contributed by atoms with Gasteiger partial charge >= 0.3 is 0 Å². The monoisotopic (exact) mass is 272 g/mol. The molecule has 1 heterocycles. The fraction of sp³-hybridized carbons (Fsp3) is 0.929. The van der Waals surface area contributed by atoms with Gasteiger partial charge in [-0.05, 0) is 18.3 Å². The number of nitrogens with zero attached hydrogens (tertiary/aromatic N) is 1. The molecule has 0 aliphatic carbocycles. The predicted octanol–water partition coefficient (Wildman–Crippen LogP) is 0.750. The lowest BCUT2D eigenvalue weighted by Crippen LogP contribution is -2.45. The van der Waals surface area contributed by atoms with Crippen molar-refractivity contribution in [2.45, 2.75) is 52.2 Å². The van der Waals surface area contributed by atoms with Gasteiger partial charge in [-0.15, -0.1) is 0 Å². The van der Waals surface area contributed by atoms with Gasteiger partial charge in [0.15, 0.2) is 0 Å². The van der Waals surface area contributed by atoms with Crippen molar-refractivity contribution in [3.63, 3.8) is 0 Å². The maximum absolute atomic E-state index is 12.1. The molecule has 1 amide bonds. The SMILES string of the molecule is CC(C)(C)C(N)CC(=O)N1CCC(OCCO)CC1. The molecule has 1 aliphatic heterocycles. The second-order valence-corrected chi connectivity index (χ2v) is 6.35. The zero-order valence-electron chi connectivity index (χ0n) is 12.4. The number of rotatable bonds is 5. The van der Waals surface area contributed by atoms with E-state index >= 15 is 0 Å². The van der Waals surface area contributed by atoms with Gasteiger partial charge in [0.1, 0.15) is 0 Å². The van der Waals surface area contributed by atoms with Crippen LogP contribution in [0.2, 0.25) is 0 Å². The van der Waals surface area contributed by atoms with Crippen molar-refractivity contribution >= 4 is 5.91 Å². The van der Waals surface area contributed by atoms with Gasteiger partial charge < -0.3 is 20.5 Å². The van der Waals surface area contributed by atoms with E-state index in [4.69, 9.17) is 15.6 Å². The third-order valence-corrected chi connectivity index (χ3v) is 3.75. The first-order valence-electron chi connectivity index (χ1n) is 7.10. The molecule has 1 atom stereocenters. The number of carbonyl (C=O) groups excluding carboxylic acids is 1. The number of aliphatic hydroxyl groups excluding tert-OH is 1. The fourth-order valence-corrected chi connectivity index (χ4v) is 2.11. The van der Waals surface area contributed by atoms with Crippen molar-refractivity contribution in [1.29, 1.82) is 0 Å². The van der Waals surface area contributed by atoms with Crippen LogP contribution < -0.4 is 5.73 Å². The number of amides is 1. The molecule has 0 radical (unpaired) electrons. The van der Waals surface area contributed by atoms with Crippen LogP contribution in [0.3, 0.4) is 0 Å². The first kappa shape index (κ1) is 16.4. The number of hydrogen-bond donors (Lipinski definition) is 2. The fourth-order valence-electron chi connectivity index (χ4n) is 2.11. The van der Waals surface area contributed by atoms with E-state index in [0.717, 1.165) is 25.9 Å². The summed E-state index contributed by atoms with van der Waals surface area (Å²) in [6, 6.07) is -0.108. The van der Waals surface area contributed by atoms with Crippen LogP contribution >= 0.6 is 0 Å². The molecule has 1 fully saturated rings. The van der Waals surface area contributed by atoms with Gasteiger partial charge in [0.2, 0.25) is 5.91 Å². The second kappa shape index (κ2) is 7.22. The summed E-state index contributed by atoms with van der Waals surface area (Å²) in [6.07, 6.45) is 2.27. The Bertz CT molecular complexity index is 281. The highest BCUT2D eigenvalue weighted by molar-refractivity contribution is 5.77. The minimum atomic E-state index is -0.108. The Labute approximate surface area is 116 Å². The van der Waals surface area contributed by atoms with Crippen LogP contribution in [0.1, 0.15) is 40.0 Å². The molecule has 3 N–H and O–H groups in total. The molecule has 5 nitrogen and oxygen atoms in total. The molecule has 0 saturated carbocycles. The Morgan fingerprint density at radius 3 is 2.47 bits per heavy atom. The second-order valence-electron chi connectivity index (χ2n) is 6.35. The first-order valence-corrected chi connectivity index (χ1v) is 7.10. The van der Waals surface area contributed by atoms with Crippen LogP contribution in [0.4, 0.5) is 0 Å². The Morgan fingerprint density at radius 2 is 2.00 bits per heavy atom. The summed E-state index contributed by atoms with van der Waals surface area (Å²) in [7, 11) is 0. The molecule has 1 rings (SSSR count). The van der Waals surface area contributed by atoms with Crippen LogP contribution in [0.25, 0.3) is 0 Å². The van der Waals surface area contributed by atoms with Gasteiger partial charge in [-0.2, -0.15) is 0 Å². The van der Waals surface area contributed by atoms with Crippen LogP contribution in [0, 0.1) is 5.41 Å². The summed E-state index contributed by atoms with van der Waals surface area (Å²) in [5, 5.41) is 8.71. The average Bonchev–Trinajstić information content (AvgIpc) is 2.35. The summed E-state index contributed by atoms with van der Waals surface area (Å²) < 4.78 is 5.48. The maximum atomic E-state index is 12.1. The summed E-state index contributed by atoms with van der Waals surface area (Å²) in [6.45, 7) is 8.06. The lowest BCUT2D eigenvalue weighted by atomic mass is 9.85. The minimum Gasteiger partial charge on any atom is -0.394 e. The molecule has 1 saturated heterocycles. The molecule has 0 aromatic heterocycles. The van der Waals surface area contributed by atoms with Gasteiger partial charge in [0.05, 0.1) is 19.3 Å². The van der Waals surface area contributed by atoms with Gasteiger partial charge in [-0.3, -0.25) is 4.79 Å². The van der Waals surface area contributed by atoms with Crippen LogP contribution in [-0.4, -0.2) is 54.4 Å². The number of ether oxygens (including phenoxy) is 1. The summed E-state index contributed by atoms with van der Waals surface area (Å²) >= 11 is 0. The van der Waals surface area contributed by atoms with E-state index in [0.29, 0.717) is 13.0 Å². The van der Waals surface area contributed by atoms with Crippen molar-refractivity contribution < 1.29 is 14.6 Å². The summed E-state index contributed by atoms with van der Waals surface area (Å²) in [5.41, 5.74) is 6.01. The van der Waals surface area contributed by atoms with Crippen molar-refractivity contribution in [2.24, 2.45) is 11.1 Å². The van der Waals surface area contributed by atoms with E-state index in [-0.39, 0.29) is 30.1 Å². The highest BCUT2D eigenvalue weighted by atomic mass is 16.5. The molecule has 0 spiro atoms. The largest absolute Gasteiger partial charge is 0.394 e. The number of aliphatic hydroxyl groups is 1. The lowest BCUT2D eigenvalue weighted by Gasteiger charge is -2.34. The Morgan fingerprint density at radius 1 is 1.42 bits per heavy atom. The molecular weight excluding hydrogens is 244 g/mol. The van der Waals surface area contributed by atoms with Gasteiger partial charge in [-0.1, -0.05) is 20.8 Å². The molecule has 1 aliphatic rings. The van der Waals surface area contributed by atoms with Crippen molar-refractivity contribution in [1.82, 2.24) is 4.90 Å². The van der Waals surface area contributed by atoms with Crippen molar-refractivity contribution in [3.05, 3.63) is 0 Å². The number of hydrogen-bond acceptors (Lipinski definition) is 4. The van der Waals surface area contributed by atoms with Gasteiger partial charge in [-0.25, -0.2) is 0 Å². The van der Waals surface area contributed by atoms with Crippen molar-refractivity contribution in [2.75, 3.05) is 26.3 Å². The Hall–Kier alpha value is -0.650. The zero-order valence-corrected chi connectivity index (χ0v) is 12.4. The molecule has 112 valence electrons. The third-order valence-electron chi connectivity index (χ3n) is 3.75. The summed E-state index contributed by atoms with van der Waals surface area (Å²) in [4.78, 5) is 14.0. The molecule has 0 aromatic rings. The molecular formula is C14H28N2O3. The minimum absolute atomic E-state index is 0.0434. The van der Waals surface area contributed by atoms with Crippen LogP contribution in [-0.2, 0) is 9.53 Å². The lowest BCUT2D eigenvalue weighted by molar-refractivity contribution is -0.134. The number of carbonyl (C=O) groups is 1. The van der Waals surface area contributed by atoms with E-state index in [9.17, 15) is 4.79 Å². The number of piperidine rings is 1. The van der Waals surface area contributed by atoms with Gasteiger partial charge in [0.25, 0.3) is 0 Å². The van der Waals surface area contributed by atoms with E-state index < -0.39 is 0 Å². The molecule has 0 bridgehead atoms. The standard InChI is InChI=1S/C14H28N2O3/c1-14(2,3)12(15)10-13(18)16-6-4-11(5-7-16)19-9-8-17/h11-12,17H,4-10,15H2,1-3H3. The van der Waals surface area contributed by atoms with E-state index in [2.05, 4.69) is 20.8 Å². The molecule has 0 aromatic carbocycles. The van der Waals surface area contributed by atoms with E-state index in [1.165, 1.54) is 0 Å². The average molecular weight is 272 g/mol. The smallest absolute Gasteiger partial charge is 0.224 e. The van der Waals surface area contributed by atoms with E-state index in [1.807, 2.05) is 4.90 Å². The first-order chi connectivity index (χ1) is 8.84. The number of nitrogens with two attached hydrogens (primary N) is 1. The quantitative estimate of drug-likeness (QED) is 0.774. The third kappa shape index (κ3) is 5.47. The highest BCUT2D eigenvalue weighted by Gasteiger charge is 2.28. The summed E-state index contributed by atoms with van der Waals surface area (Å²) in [5.74, 6) is 0.142. The maximum Gasteiger partial charge on any atom is 0.224 e.